The lowest BCUT2D eigenvalue weighted by Crippen LogP contribution is -2.25. The number of fused-ring (bicyclic) bond motifs is 2. The highest BCUT2D eigenvalue weighted by Gasteiger charge is 2.44. The first-order valence-electron chi connectivity index (χ1n) is 5.43. The van der Waals surface area contributed by atoms with Crippen LogP contribution < -0.4 is 0 Å². The van der Waals surface area contributed by atoms with Crippen molar-refractivity contribution >= 4 is 17.1 Å². The number of hydrogen-bond acceptors (Lipinski definition) is 2. The number of rotatable bonds is 0. The normalized spacial score (nSPS) is 24.1. The van der Waals surface area contributed by atoms with Crippen molar-refractivity contribution in [3.63, 3.8) is 0 Å². The third-order valence-electron chi connectivity index (χ3n) is 3.76. The Balaban J connectivity index is 2.07. The van der Waals surface area contributed by atoms with E-state index in [1.807, 2.05) is 6.07 Å². The van der Waals surface area contributed by atoms with Crippen LogP contribution in [0.15, 0.2) is 11.4 Å². The van der Waals surface area contributed by atoms with E-state index in [-0.39, 0.29) is 5.41 Å². The van der Waals surface area contributed by atoms with Gasteiger partial charge in [0.05, 0.1) is 0 Å². The number of hydrogen-bond donors (Lipinski definition) is 0. The maximum Gasteiger partial charge on any atom is 0.164 e. The predicted octanol–water partition coefficient (Wildman–Crippen LogP) is 3.54. The maximum absolute atomic E-state index is 11.8. The van der Waals surface area contributed by atoms with Crippen molar-refractivity contribution in [1.29, 1.82) is 0 Å². The Morgan fingerprint density at radius 2 is 2.00 bits per heavy atom. The fourth-order valence-electron chi connectivity index (χ4n) is 3.05. The fraction of sp³-hybridized carbons (Fsp3) is 0.583. The lowest BCUT2D eigenvalue weighted by Gasteiger charge is -2.32. The van der Waals surface area contributed by atoms with E-state index in [2.05, 4.69) is 5.38 Å². The van der Waals surface area contributed by atoms with E-state index < -0.39 is 0 Å². The van der Waals surface area contributed by atoms with Gasteiger partial charge in [-0.1, -0.05) is 19.3 Å². The van der Waals surface area contributed by atoms with E-state index in [0.29, 0.717) is 5.78 Å². The zero-order chi connectivity index (χ0) is 9.60. The SMILES string of the molecule is O=C1CC2(CCCCC2)c2sccc21. The second-order valence-corrected chi connectivity index (χ2v) is 5.52. The molecule has 1 nitrogen and oxygen atoms in total. The lowest BCUT2D eigenvalue weighted by molar-refractivity contribution is 0.0962. The van der Waals surface area contributed by atoms with Crippen molar-refractivity contribution in [3.05, 3.63) is 21.9 Å². The van der Waals surface area contributed by atoms with E-state index >= 15 is 0 Å². The molecule has 0 atom stereocenters. The first kappa shape index (κ1) is 8.66. The van der Waals surface area contributed by atoms with Crippen LogP contribution in [0, 0.1) is 0 Å². The molecule has 2 heteroatoms. The van der Waals surface area contributed by atoms with Crippen molar-refractivity contribution in [1.82, 2.24) is 0 Å². The Morgan fingerprint density at radius 1 is 1.21 bits per heavy atom. The van der Waals surface area contributed by atoms with Crippen LogP contribution >= 0.6 is 11.3 Å². The molecule has 0 aromatic carbocycles. The van der Waals surface area contributed by atoms with Gasteiger partial charge in [-0.15, -0.1) is 11.3 Å². The molecule has 1 heterocycles. The van der Waals surface area contributed by atoms with Gasteiger partial charge in [0.25, 0.3) is 0 Å². The monoisotopic (exact) mass is 206 g/mol. The number of thiophene rings is 1. The summed E-state index contributed by atoms with van der Waals surface area (Å²) in [6.45, 7) is 0. The molecule has 2 aliphatic carbocycles. The van der Waals surface area contributed by atoms with Gasteiger partial charge in [0.2, 0.25) is 0 Å². The number of Topliss-reactive ketones (excluding diaryl/α,β-unsaturated/α-hetero) is 1. The topological polar surface area (TPSA) is 17.1 Å². The molecule has 0 amide bonds. The minimum absolute atomic E-state index is 0.277. The summed E-state index contributed by atoms with van der Waals surface area (Å²) >= 11 is 1.80. The van der Waals surface area contributed by atoms with Crippen LogP contribution in [-0.4, -0.2) is 5.78 Å². The summed E-state index contributed by atoms with van der Waals surface area (Å²) in [5.74, 6) is 0.392. The Morgan fingerprint density at radius 3 is 2.79 bits per heavy atom. The van der Waals surface area contributed by atoms with E-state index in [1.54, 1.807) is 11.3 Å². The maximum atomic E-state index is 11.8. The largest absolute Gasteiger partial charge is 0.294 e. The minimum Gasteiger partial charge on any atom is -0.294 e. The Hall–Kier alpha value is -0.630. The summed E-state index contributed by atoms with van der Waals surface area (Å²) in [6, 6.07) is 2.02. The number of ketones is 1. The van der Waals surface area contributed by atoms with Crippen molar-refractivity contribution in [3.8, 4) is 0 Å². The molecule has 1 aromatic rings. The summed E-state index contributed by atoms with van der Waals surface area (Å²) in [6.07, 6.45) is 7.26. The van der Waals surface area contributed by atoms with Crippen molar-refractivity contribution in [2.45, 2.75) is 43.9 Å². The van der Waals surface area contributed by atoms with Crippen molar-refractivity contribution in [2.75, 3.05) is 0 Å². The van der Waals surface area contributed by atoms with Gasteiger partial charge in [-0.05, 0) is 24.3 Å². The molecule has 0 unspecified atom stereocenters. The van der Waals surface area contributed by atoms with E-state index in [4.69, 9.17) is 0 Å². The molecule has 1 spiro atoms. The van der Waals surface area contributed by atoms with Crippen LogP contribution in [0.2, 0.25) is 0 Å². The van der Waals surface area contributed by atoms with Gasteiger partial charge in [0.1, 0.15) is 0 Å². The summed E-state index contributed by atoms with van der Waals surface area (Å²) in [5, 5.41) is 2.08. The summed E-state index contributed by atoms with van der Waals surface area (Å²) in [4.78, 5) is 13.2. The first-order valence-corrected chi connectivity index (χ1v) is 6.31. The van der Waals surface area contributed by atoms with Crippen LogP contribution in [0.1, 0.15) is 53.8 Å². The molecule has 3 rings (SSSR count). The lowest BCUT2D eigenvalue weighted by atomic mass is 9.73. The van der Waals surface area contributed by atoms with Gasteiger partial charge in [0.15, 0.2) is 5.78 Å². The Labute approximate surface area is 88.1 Å². The van der Waals surface area contributed by atoms with Gasteiger partial charge < -0.3 is 0 Å². The van der Waals surface area contributed by atoms with Gasteiger partial charge in [0, 0.05) is 22.3 Å². The summed E-state index contributed by atoms with van der Waals surface area (Å²) in [5.41, 5.74) is 1.32. The molecule has 2 aliphatic rings. The molecule has 14 heavy (non-hydrogen) atoms. The molecule has 1 saturated carbocycles. The highest BCUT2D eigenvalue weighted by molar-refractivity contribution is 7.10. The zero-order valence-corrected chi connectivity index (χ0v) is 9.03. The van der Waals surface area contributed by atoms with E-state index in [1.165, 1.54) is 37.0 Å². The van der Waals surface area contributed by atoms with Crippen molar-refractivity contribution in [2.24, 2.45) is 0 Å². The molecular weight excluding hydrogens is 192 g/mol. The zero-order valence-electron chi connectivity index (χ0n) is 8.21. The van der Waals surface area contributed by atoms with Crippen LogP contribution in [0.3, 0.4) is 0 Å². The third kappa shape index (κ3) is 1.04. The molecule has 0 aliphatic heterocycles. The van der Waals surface area contributed by atoms with Gasteiger partial charge >= 0.3 is 0 Å². The standard InChI is InChI=1S/C12H14OS/c13-10-8-12(5-2-1-3-6-12)11-9(10)4-7-14-11/h4,7H,1-3,5-6,8H2. The van der Waals surface area contributed by atoms with Crippen LogP contribution in [0.5, 0.6) is 0 Å². The molecule has 0 radical (unpaired) electrons. The highest BCUT2D eigenvalue weighted by atomic mass is 32.1. The van der Waals surface area contributed by atoms with E-state index in [0.717, 1.165) is 12.0 Å². The van der Waals surface area contributed by atoms with Crippen LogP contribution in [0.4, 0.5) is 0 Å². The quantitative estimate of drug-likeness (QED) is 0.634. The Bertz CT molecular complexity index is 371. The molecule has 1 fully saturated rings. The molecule has 0 saturated heterocycles. The second-order valence-electron chi connectivity index (χ2n) is 4.60. The van der Waals surface area contributed by atoms with Gasteiger partial charge in [-0.25, -0.2) is 0 Å². The second kappa shape index (κ2) is 2.93. The number of carbonyl (C=O) groups is 1. The van der Waals surface area contributed by atoms with Crippen LogP contribution in [-0.2, 0) is 5.41 Å². The minimum atomic E-state index is 0.277. The third-order valence-corrected chi connectivity index (χ3v) is 4.92. The average molecular weight is 206 g/mol. The van der Waals surface area contributed by atoms with Crippen LogP contribution in [0.25, 0.3) is 0 Å². The molecule has 0 N–H and O–H groups in total. The number of carbonyl (C=O) groups excluding carboxylic acids is 1. The molecule has 1 aromatic heterocycles. The fourth-order valence-corrected chi connectivity index (χ4v) is 4.23. The Kier molecular flexibility index (Phi) is 1.81. The molecular formula is C12H14OS. The molecule has 0 bridgehead atoms. The van der Waals surface area contributed by atoms with Crippen molar-refractivity contribution < 1.29 is 4.79 Å². The van der Waals surface area contributed by atoms with Gasteiger partial charge in [-0.2, -0.15) is 0 Å². The molecule has 74 valence electrons. The summed E-state index contributed by atoms with van der Waals surface area (Å²) < 4.78 is 0. The average Bonchev–Trinajstić information content (AvgIpc) is 2.74. The van der Waals surface area contributed by atoms with E-state index in [9.17, 15) is 4.79 Å². The smallest absolute Gasteiger partial charge is 0.164 e. The summed E-state index contributed by atoms with van der Waals surface area (Å²) in [7, 11) is 0. The highest BCUT2D eigenvalue weighted by Crippen LogP contribution is 2.50. The van der Waals surface area contributed by atoms with Gasteiger partial charge in [-0.3, -0.25) is 4.79 Å². The first-order chi connectivity index (χ1) is 6.82. The predicted molar refractivity (Wildman–Crippen MR) is 58.0 cm³/mol.